The van der Waals surface area contributed by atoms with Crippen LogP contribution in [0.4, 0.5) is 5.69 Å². The SMILES string of the molecule is CCC1CC1NS(=O)(=O)c1ncccc1NC. The van der Waals surface area contributed by atoms with E-state index in [0.29, 0.717) is 11.6 Å². The first-order valence-electron chi connectivity index (χ1n) is 5.73. The molecule has 2 unspecified atom stereocenters. The number of nitrogens with one attached hydrogen (secondary N) is 2. The molecular weight excluding hydrogens is 238 g/mol. The lowest BCUT2D eigenvalue weighted by molar-refractivity contribution is 0.572. The van der Waals surface area contributed by atoms with Gasteiger partial charge in [-0.1, -0.05) is 13.3 Å². The standard InChI is InChI=1S/C11H17N3O2S/c1-3-8-7-10(8)14-17(15,16)11-9(12-2)5-4-6-13-11/h4-6,8,10,12,14H,3,7H2,1-2H3. The maximum atomic E-state index is 12.1. The summed E-state index contributed by atoms with van der Waals surface area (Å²) in [5.74, 6) is 0.478. The molecule has 1 fully saturated rings. The molecule has 0 radical (unpaired) electrons. The van der Waals surface area contributed by atoms with E-state index in [1.165, 1.54) is 6.20 Å². The van der Waals surface area contributed by atoms with E-state index in [1.807, 2.05) is 0 Å². The Bertz CT molecular complexity index is 501. The third-order valence-corrected chi connectivity index (χ3v) is 4.50. The molecule has 0 spiro atoms. The van der Waals surface area contributed by atoms with Crippen molar-refractivity contribution in [3.63, 3.8) is 0 Å². The molecule has 1 aromatic rings. The lowest BCUT2D eigenvalue weighted by atomic mass is 10.3. The maximum Gasteiger partial charge on any atom is 0.260 e. The van der Waals surface area contributed by atoms with E-state index in [-0.39, 0.29) is 11.1 Å². The number of anilines is 1. The van der Waals surface area contributed by atoms with Crippen molar-refractivity contribution in [2.24, 2.45) is 5.92 Å². The van der Waals surface area contributed by atoms with Crippen LogP contribution in [0.1, 0.15) is 19.8 Å². The van der Waals surface area contributed by atoms with Gasteiger partial charge in [0.05, 0.1) is 5.69 Å². The van der Waals surface area contributed by atoms with Crippen molar-refractivity contribution in [2.75, 3.05) is 12.4 Å². The zero-order chi connectivity index (χ0) is 12.5. The van der Waals surface area contributed by atoms with Gasteiger partial charge in [-0.15, -0.1) is 0 Å². The number of nitrogens with zero attached hydrogens (tertiary/aromatic N) is 1. The van der Waals surface area contributed by atoms with Crippen molar-refractivity contribution in [3.05, 3.63) is 18.3 Å². The number of pyridine rings is 1. The van der Waals surface area contributed by atoms with Gasteiger partial charge in [0, 0.05) is 19.3 Å². The minimum absolute atomic E-state index is 0.0734. The van der Waals surface area contributed by atoms with E-state index in [0.717, 1.165) is 12.8 Å². The second-order valence-corrected chi connectivity index (χ2v) is 5.87. The summed E-state index contributed by atoms with van der Waals surface area (Å²) in [7, 11) is -1.82. The molecule has 1 aliphatic carbocycles. The van der Waals surface area contributed by atoms with Gasteiger partial charge >= 0.3 is 0 Å². The first-order chi connectivity index (χ1) is 8.08. The van der Waals surface area contributed by atoms with E-state index in [4.69, 9.17) is 0 Å². The molecule has 0 saturated heterocycles. The Morgan fingerprint density at radius 1 is 1.53 bits per heavy atom. The summed E-state index contributed by atoms with van der Waals surface area (Å²) in [4.78, 5) is 3.94. The summed E-state index contributed by atoms with van der Waals surface area (Å²) >= 11 is 0. The van der Waals surface area contributed by atoms with Crippen LogP contribution in [0, 0.1) is 5.92 Å². The molecule has 5 nitrogen and oxygen atoms in total. The Balaban J connectivity index is 2.20. The monoisotopic (exact) mass is 255 g/mol. The van der Waals surface area contributed by atoms with Crippen LogP contribution in [0.2, 0.25) is 0 Å². The highest BCUT2D eigenvalue weighted by Crippen LogP contribution is 2.34. The molecule has 2 atom stereocenters. The van der Waals surface area contributed by atoms with Gasteiger partial charge in [-0.2, -0.15) is 0 Å². The lowest BCUT2D eigenvalue weighted by Crippen LogP contribution is -2.28. The summed E-state index contributed by atoms with van der Waals surface area (Å²) in [5.41, 5.74) is 0.522. The van der Waals surface area contributed by atoms with Crippen LogP contribution in [-0.2, 0) is 10.0 Å². The molecule has 1 aromatic heterocycles. The molecule has 2 rings (SSSR count). The van der Waals surface area contributed by atoms with Crippen molar-refractivity contribution in [1.82, 2.24) is 9.71 Å². The first kappa shape index (κ1) is 12.3. The largest absolute Gasteiger partial charge is 0.386 e. The van der Waals surface area contributed by atoms with Crippen LogP contribution in [-0.4, -0.2) is 26.5 Å². The average Bonchev–Trinajstić information content (AvgIpc) is 3.06. The highest BCUT2D eigenvalue weighted by molar-refractivity contribution is 7.89. The third-order valence-electron chi connectivity index (χ3n) is 3.05. The van der Waals surface area contributed by atoms with Gasteiger partial charge < -0.3 is 5.32 Å². The smallest absolute Gasteiger partial charge is 0.260 e. The Kier molecular flexibility index (Phi) is 3.35. The summed E-state index contributed by atoms with van der Waals surface area (Å²) in [6.45, 7) is 2.07. The molecule has 1 heterocycles. The van der Waals surface area contributed by atoms with Crippen molar-refractivity contribution in [1.29, 1.82) is 0 Å². The van der Waals surface area contributed by atoms with E-state index in [1.54, 1.807) is 19.2 Å². The van der Waals surface area contributed by atoms with Gasteiger partial charge in [-0.3, -0.25) is 0 Å². The molecule has 1 aliphatic rings. The predicted octanol–water partition coefficient (Wildman–Crippen LogP) is 1.20. The van der Waals surface area contributed by atoms with Crippen molar-refractivity contribution >= 4 is 15.7 Å². The highest BCUT2D eigenvalue weighted by Gasteiger charge is 2.39. The second-order valence-electron chi connectivity index (χ2n) is 4.24. The second kappa shape index (κ2) is 4.62. The van der Waals surface area contributed by atoms with Gasteiger partial charge in [0.15, 0.2) is 5.03 Å². The summed E-state index contributed by atoms with van der Waals surface area (Å²) in [5, 5.41) is 2.91. The molecule has 0 amide bonds. The topological polar surface area (TPSA) is 71.1 Å². The molecular formula is C11H17N3O2S. The Hall–Kier alpha value is -1.14. The summed E-state index contributed by atoms with van der Waals surface area (Å²) in [6, 6.07) is 3.49. The zero-order valence-electron chi connectivity index (χ0n) is 9.97. The maximum absolute atomic E-state index is 12.1. The first-order valence-corrected chi connectivity index (χ1v) is 7.22. The fourth-order valence-electron chi connectivity index (χ4n) is 1.89. The number of hydrogen-bond acceptors (Lipinski definition) is 4. The van der Waals surface area contributed by atoms with Crippen LogP contribution in [0.3, 0.4) is 0 Å². The summed E-state index contributed by atoms with van der Waals surface area (Å²) < 4.78 is 26.9. The predicted molar refractivity (Wildman–Crippen MR) is 66.3 cm³/mol. The minimum atomic E-state index is -3.51. The number of rotatable bonds is 5. The molecule has 0 bridgehead atoms. The molecule has 0 aromatic carbocycles. The fourth-order valence-corrected chi connectivity index (χ4v) is 3.35. The quantitative estimate of drug-likeness (QED) is 0.829. The van der Waals surface area contributed by atoms with Crippen molar-refractivity contribution < 1.29 is 8.42 Å². The van der Waals surface area contributed by atoms with Gasteiger partial charge in [-0.25, -0.2) is 18.1 Å². The molecule has 6 heteroatoms. The molecule has 94 valence electrons. The normalized spacial score (nSPS) is 23.4. The number of hydrogen-bond donors (Lipinski definition) is 2. The van der Waals surface area contributed by atoms with Crippen molar-refractivity contribution in [3.8, 4) is 0 Å². The van der Waals surface area contributed by atoms with Crippen LogP contribution < -0.4 is 10.0 Å². The Morgan fingerprint density at radius 3 is 2.88 bits per heavy atom. The van der Waals surface area contributed by atoms with Crippen molar-refractivity contribution in [2.45, 2.75) is 30.8 Å². The van der Waals surface area contributed by atoms with Crippen LogP contribution in [0.15, 0.2) is 23.4 Å². The van der Waals surface area contributed by atoms with E-state index >= 15 is 0 Å². The zero-order valence-corrected chi connectivity index (χ0v) is 10.8. The van der Waals surface area contributed by atoms with E-state index < -0.39 is 10.0 Å². The minimum Gasteiger partial charge on any atom is -0.386 e. The molecule has 0 aliphatic heterocycles. The van der Waals surface area contributed by atoms with E-state index in [9.17, 15) is 8.42 Å². The van der Waals surface area contributed by atoms with Gasteiger partial charge in [0.25, 0.3) is 10.0 Å². The highest BCUT2D eigenvalue weighted by atomic mass is 32.2. The molecule has 2 N–H and O–H groups in total. The number of aromatic nitrogens is 1. The van der Waals surface area contributed by atoms with Crippen LogP contribution >= 0.6 is 0 Å². The fraction of sp³-hybridized carbons (Fsp3) is 0.545. The van der Waals surface area contributed by atoms with Crippen LogP contribution in [0.25, 0.3) is 0 Å². The Morgan fingerprint density at radius 2 is 2.29 bits per heavy atom. The number of sulfonamides is 1. The molecule has 17 heavy (non-hydrogen) atoms. The Labute approximate surface area is 102 Å². The van der Waals surface area contributed by atoms with Gasteiger partial charge in [0.2, 0.25) is 0 Å². The molecule has 1 saturated carbocycles. The van der Waals surface area contributed by atoms with Crippen LogP contribution in [0.5, 0.6) is 0 Å². The van der Waals surface area contributed by atoms with Gasteiger partial charge in [-0.05, 0) is 24.5 Å². The third kappa shape index (κ3) is 2.58. The van der Waals surface area contributed by atoms with E-state index in [2.05, 4.69) is 21.9 Å². The summed E-state index contributed by atoms with van der Waals surface area (Å²) in [6.07, 6.45) is 3.42. The average molecular weight is 255 g/mol. The lowest BCUT2D eigenvalue weighted by Gasteiger charge is -2.09. The van der Waals surface area contributed by atoms with Gasteiger partial charge in [0.1, 0.15) is 0 Å².